The van der Waals surface area contributed by atoms with Gasteiger partial charge < -0.3 is 4.57 Å². The Bertz CT molecular complexity index is 3680. The fourth-order valence-corrected chi connectivity index (χ4v) is 11.0. The van der Waals surface area contributed by atoms with E-state index in [1.165, 1.54) is 80.6 Å². The summed E-state index contributed by atoms with van der Waals surface area (Å²) in [7, 11) is 0. The van der Waals surface area contributed by atoms with Crippen molar-refractivity contribution in [3.8, 4) is 45.0 Å². The van der Waals surface area contributed by atoms with Crippen molar-refractivity contribution in [1.82, 2.24) is 14.1 Å². The lowest BCUT2D eigenvalue weighted by Gasteiger charge is -2.21. The van der Waals surface area contributed by atoms with E-state index in [4.69, 9.17) is 4.98 Å². The number of hydrogen-bond acceptors (Lipinski definition) is 2. The minimum atomic E-state index is 0.902. The minimum Gasteiger partial charge on any atom is -0.309 e. The van der Waals surface area contributed by atoms with Crippen molar-refractivity contribution >= 4 is 75.1 Å². The van der Waals surface area contributed by atoms with E-state index >= 15 is 0 Å². The van der Waals surface area contributed by atoms with Gasteiger partial charge >= 0.3 is 0 Å². The Morgan fingerprint density at radius 1 is 0.407 bits per heavy atom. The second-order valence-electron chi connectivity index (χ2n) is 15.8. The molecule has 0 unspecified atom stereocenters. The number of nitrogens with zero attached hydrogens (tertiary/aromatic N) is 3. The number of pyridine rings is 1. The van der Waals surface area contributed by atoms with Crippen molar-refractivity contribution < 1.29 is 0 Å². The highest BCUT2D eigenvalue weighted by Crippen LogP contribution is 2.44. The van der Waals surface area contributed by atoms with Gasteiger partial charge in [-0.1, -0.05) is 121 Å². The van der Waals surface area contributed by atoms with Crippen LogP contribution in [0.15, 0.2) is 188 Å². The summed E-state index contributed by atoms with van der Waals surface area (Å²) < 4.78 is 7.45. The lowest BCUT2D eigenvalue weighted by Crippen LogP contribution is -2.04. The smallest absolute Gasteiger partial charge is 0.138 e. The molecule has 8 aromatic carbocycles. The molecular weight excluding hydrogens is 735 g/mol. The summed E-state index contributed by atoms with van der Waals surface area (Å²) in [6.07, 6.45) is 2.14. The molecule has 4 heteroatoms. The van der Waals surface area contributed by atoms with E-state index in [0.29, 0.717) is 0 Å². The molecule has 3 nitrogen and oxygen atoms in total. The zero-order valence-corrected chi connectivity index (χ0v) is 32.9. The molecule has 0 N–H and O–H groups in total. The van der Waals surface area contributed by atoms with Gasteiger partial charge in [0.2, 0.25) is 0 Å². The Morgan fingerprint density at radius 2 is 1.10 bits per heavy atom. The van der Waals surface area contributed by atoms with E-state index in [1.54, 1.807) is 0 Å². The molecule has 0 saturated carbocycles. The third kappa shape index (κ3) is 4.90. The largest absolute Gasteiger partial charge is 0.309 e. The average molecular weight is 770 g/mol. The van der Waals surface area contributed by atoms with Gasteiger partial charge in [-0.3, -0.25) is 4.57 Å². The Morgan fingerprint density at radius 3 is 1.98 bits per heavy atom. The lowest BCUT2D eigenvalue weighted by molar-refractivity contribution is 0.942. The zero-order chi connectivity index (χ0) is 38.6. The first kappa shape index (κ1) is 32.8. The van der Waals surface area contributed by atoms with Crippen LogP contribution in [-0.2, 0) is 12.8 Å². The molecule has 0 fully saturated rings. The number of benzene rings is 8. The number of para-hydroxylation sites is 3. The highest BCUT2D eigenvalue weighted by Gasteiger charge is 2.23. The monoisotopic (exact) mass is 769 g/mol. The maximum atomic E-state index is 5.63. The highest BCUT2D eigenvalue weighted by molar-refractivity contribution is 7.25. The summed E-state index contributed by atoms with van der Waals surface area (Å²) >= 11 is 1.85. The predicted molar refractivity (Wildman–Crippen MR) is 250 cm³/mol. The molecule has 0 radical (unpaired) electrons. The Labute approximate surface area is 344 Å². The molecule has 12 aromatic rings. The molecule has 0 spiro atoms. The van der Waals surface area contributed by atoms with Gasteiger partial charge in [0, 0.05) is 53.0 Å². The maximum Gasteiger partial charge on any atom is 0.138 e. The van der Waals surface area contributed by atoms with Crippen LogP contribution < -0.4 is 0 Å². The molecule has 0 atom stereocenters. The number of hydrogen-bond donors (Lipinski definition) is 0. The molecular formula is C55H35N3S. The molecule has 59 heavy (non-hydrogen) atoms. The maximum absolute atomic E-state index is 5.63. The molecule has 276 valence electrons. The number of rotatable bonds is 4. The van der Waals surface area contributed by atoms with Crippen molar-refractivity contribution in [1.29, 1.82) is 0 Å². The van der Waals surface area contributed by atoms with Crippen LogP contribution in [-0.4, -0.2) is 14.1 Å². The molecule has 1 aliphatic carbocycles. The molecule has 13 rings (SSSR count). The lowest BCUT2D eigenvalue weighted by atomic mass is 9.84. The first-order chi connectivity index (χ1) is 29.2. The number of fused-ring (bicyclic) bond motifs is 13. The average Bonchev–Trinajstić information content (AvgIpc) is 3.96. The van der Waals surface area contributed by atoms with Gasteiger partial charge in [-0.2, -0.15) is 0 Å². The van der Waals surface area contributed by atoms with Gasteiger partial charge in [-0.25, -0.2) is 4.98 Å². The summed E-state index contributed by atoms with van der Waals surface area (Å²) in [6, 6.07) is 69.3. The minimum absolute atomic E-state index is 0.902. The van der Waals surface area contributed by atoms with Gasteiger partial charge in [0.25, 0.3) is 0 Å². The van der Waals surface area contributed by atoms with E-state index in [-0.39, 0.29) is 0 Å². The first-order valence-corrected chi connectivity index (χ1v) is 21.2. The summed E-state index contributed by atoms with van der Waals surface area (Å²) in [4.78, 5) is 5.63. The Kier molecular flexibility index (Phi) is 7.01. The van der Waals surface area contributed by atoms with Crippen molar-refractivity contribution in [2.75, 3.05) is 0 Å². The van der Waals surface area contributed by atoms with E-state index in [0.717, 1.165) is 52.2 Å². The van der Waals surface area contributed by atoms with E-state index in [1.807, 2.05) is 11.3 Å². The van der Waals surface area contributed by atoms with Crippen LogP contribution in [0.2, 0.25) is 0 Å². The molecule has 4 heterocycles. The Balaban J connectivity index is 1.11. The Hall–Kier alpha value is -7.27. The van der Waals surface area contributed by atoms with Crippen LogP contribution in [0.5, 0.6) is 0 Å². The highest BCUT2D eigenvalue weighted by atomic mass is 32.1. The molecule has 0 bridgehead atoms. The van der Waals surface area contributed by atoms with Gasteiger partial charge in [0.1, 0.15) is 5.82 Å². The van der Waals surface area contributed by atoms with Crippen molar-refractivity contribution in [2.24, 2.45) is 0 Å². The van der Waals surface area contributed by atoms with Crippen LogP contribution >= 0.6 is 11.3 Å². The fraction of sp³-hybridized carbons (Fsp3) is 0.0364. The summed E-state index contributed by atoms with van der Waals surface area (Å²) in [6.45, 7) is 0. The first-order valence-electron chi connectivity index (χ1n) is 20.4. The van der Waals surface area contributed by atoms with Gasteiger partial charge in [-0.15, -0.1) is 11.3 Å². The fourth-order valence-electron chi connectivity index (χ4n) is 9.93. The van der Waals surface area contributed by atoms with E-state index in [9.17, 15) is 0 Å². The van der Waals surface area contributed by atoms with Crippen molar-refractivity contribution in [3.63, 3.8) is 0 Å². The predicted octanol–water partition coefficient (Wildman–Crippen LogP) is 14.7. The van der Waals surface area contributed by atoms with Crippen LogP contribution in [0.3, 0.4) is 0 Å². The second-order valence-corrected chi connectivity index (χ2v) is 16.9. The number of thiophene rings is 1. The van der Waals surface area contributed by atoms with Crippen LogP contribution in [0.1, 0.15) is 11.1 Å². The van der Waals surface area contributed by atoms with Crippen molar-refractivity contribution in [3.05, 3.63) is 199 Å². The molecule has 0 amide bonds. The quantitative estimate of drug-likeness (QED) is 0.175. The third-order valence-electron chi connectivity index (χ3n) is 12.6. The standard InChI is InChI=1S/C55H35N3S/c1-2-13-39(14-3-1)57-48-19-9-6-16-41(48)43-27-28-50-54(55(43)57)44-18-7-10-20-49(44)58(50)53-33-38(36-25-24-35-23-22-34-12-4-5-15-40(34)45(35)30-36)32-47(56-53)37-26-29-52-46(31-37)42-17-8-11-21-51(42)59-52/h1-21,24-33H,22-23H2. The molecule has 4 aromatic heterocycles. The van der Waals surface area contributed by atoms with Gasteiger partial charge in [0.05, 0.1) is 27.8 Å². The third-order valence-corrected chi connectivity index (χ3v) is 13.8. The summed E-state index contributed by atoms with van der Waals surface area (Å²) in [5, 5.41) is 7.49. The summed E-state index contributed by atoms with van der Waals surface area (Å²) in [5.74, 6) is 0.902. The van der Waals surface area contributed by atoms with E-state index in [2.05, 4.69) is 197 Å². The molecule has 0 aliphatic heterocycles. The molecule has 1 aliphatic rings. The van der Waals surface area contributed by atoms with Crippen molar-refractivity contribution in [2.45, 2.75) is 12.8 Å². The number of aromatic nitrogens is 3. The topological polar surface area (TPSA) is 22.8 Å². The van der Waals surface area contributed by atoms with Crippen LogP contribution in [0, 0.1) is 0 Å². The van der Waals surface area contributed by atoms with Gasteiger partial charge in [-0.05, 0) is 113 Å². The molecule has 0 saturated heterocycles. The van der Waals surface area contributed by atoms with E-state index < -0.39 is 0 Å². The SMILES string of the molecule is c1ccc(-n2c3ccccc3c3ccc4c(c5ccccc5n4-c4cc(-c5ccc6c(c5)-c5ccccc5CC6)cc(-c5ccc6sc7ccccc7c6c5)n4)c32)cc1. The summed E-state index contributed by atoms with van der Waals surface area (Å²) in [5.41, 5.74) is 15.8. The van der Waals surface area contributed by atoms with Crippen LogP contribution in [0.4, 0.5) is 0 Å². The van der Waals surface area contributed by atoms with Crippen LogP contribution in [0.25, 0.3) is 109 Å². The number of aryl methyl sites for hydroxylation is 2. The van der Waals surface area contributed by atoms with Gasteiger partial charge in [0.15, 0.2) is 0 Å². The normalized spacial score (nSPS) is 12.6. The second kappa shape index (κ2) is 12.6. The zero-order valence-electron chi connectivity index (χ0n) is 32.1.